The zero-order valence-corrected chi connectivity index (χ0v) is 9.65. The highest BCUT2D eigenvalue weighted by molar-refractivity contribution is 5.23. The van der Waals surface area contributed by atoms with Crippen LogP contribution < -0.4 is 11.4 Å². The largest absolute Gasteiger partial charge is 0.394 e. The maximum Gasteiger partial charge on any atom is 0.351 e. The lowest BCUT2D eigenvalue weighted by molar-refractivity contribution is -0.0610. The molecule has 1 aliphatic rings. The minimum atomic E-state index is -2.21. The van der Waals surface area contributed by atoms with E-state index in [2.05, 4.69) is 4.98 Å². The summed E-state index contributed by atoms with van der Waals surface area (Å²) in [7, 11) is 0. The third-order valence-corrected chi connectivity index (χ3v) is 3.00. The molecular formula is C10H14FN3O4. The first-order valence-electron chi connectivity index (χ1n) is 5.36. The van der Waals surface area contributed by atoms with E-state index in [1.54, 1.807) is 0 Å². The maximum atomic E-state index is 14.4. The van der Waals surface area contributed by atoms with Crippen LogP contribution in [-0.4, -0.2) is 44.2 Å². The van der Waals surface area contributed by atoms with Crippen LogP contribution in [0.5, 0.6) is 0 Å². The van der Waals surface area contributed by atoms with Crippen LogP contribution in [0.15, 0.2) is 17.1 Å². The van der Waals surface area contributed by atoms with Gasteiger partial charge in [0.1, 0.15) is 18.0 Å². The van der Waals surface area contributed by atoms with Gasteiger partial charge in [-0.3, -0.25) is 4.57 Å². The third kappa shape index (κ3) is 1.88. The minimum absolute atomic E-state index is 0.00839. The summed E-state index contributed by atoms with van der Waals surface area (Å²) in [5.41, 5.74) is 2.33. The zero-order chi connectivity index (χ0) is 13.5. The molecule has 4 atom stereocenters. The van der Waals surface area contributed by atoms with Crippen molar-refractivity contribution in [2.75, 3.05) is 12.3 Å². The van der Waals surface area contributed by atoms with Gasteiger partial charge < -0.3 is 20.7 Å². The Bertz CT molecular complexity index is 504. The second-order valence-corrected chi connectivity index (χ2v) is 4.35. The van der Waals surface area contributed by atoms with Crippen molar-refractivity contribution in [3.8, 4) is 0 Å². The summed E-state index contributed by atoms with van der Waals surface area (Å²) in [6, 6.07) is 1.32. The highest BCUT2D eigenvalue weighted by Gasteiger charge is 2.55. The molecule has 1 aliphatic heterocycles. The van der Waals surface area contributed by atoms with Gasteiger partial charge in [-0.1, -0.05) is 0 Å². The Balaban J connectivity index is 2.42. The average molecular weight is 259 g/mol. The van der Waals surface area contributed by atoms with E-state index in [0.717, 1.165) is 11.5 Å². The number of alkyl halides is 1. The summed E-state index contributed by atoms with van der Waals surface area (Å²) in [5.74, 6) is 0.00839. The molecule has 0 amide bonds. The van der Waals surface area contributed by atoms with Crippen molar-refractivity contribution in [1.82, 2.24) is 9.55 Å². The summed E-state index contributed by atoms with van der Waals surface area (Å²) in [4.78, 5) is 15.1. The Morgan fingerprint density at radius 1 is 1.72 bits per heavy atom. The molecule has 0 saturated carbocycles. The van der Waals surface area contributed by atoms with Crippen LogP contribution in [0, 0.1) is 0 Å². The molecular weight excluding hydrogens is 245 g/mol. The molecule has 0 bridgehead atoms. The lowest BCUT2D eigenvalue weighted by atomic mass is 9.98. The van der Waals surface area contributed by atoms with Crippen LogP contribution >= 0.6 is 0 Å². The Labute approximate surface area is 102 Å². The molecule has 18 heavy (non-hydrogen) atoms. The SMILES string of the molecule is CC1(F)C(O)C(CO)O[C@H]1n1ccc(N)nc1=O. The molecule has 100 valence electrons. The highest BCUT2D eigenvalue weighted by Crippen LogP contribution is 2.40. The van der Waals surface area contributed by atoms with Gasteiger partial charge in [0.2, 0.25) is 0 Å². The molecule has 4 N–H and O–H groups in total. The Hall–Kier alpha value is -1.51. The fourth-order valence-electron chi connectivity index (χ4n) is 1.97. The standard InChI is InChI=1S/C10H14FN3O4/c1-10(11)7(16)5(4-15)18-8(10)14-3-2-6(12)13-9(14)17/h2-3,5,7-8,15-16H,4H2,1H3,(H2,12,13,17)/t5?,7?,8-,10?/m1/s1. The fourth-order valence-corrected chi connectivity index (χ4v) is 1.97. The molecule has 0 aliphatic carbocycles. The Morgan fingerprint density at radius 3 is 2.89 bits per heavy atom. The van der Waals surface area contributed by atoms with E-state index >= 15 is 0 Å². The smallest absolute Gasteiger partial charge is 0.351 e. The number of hydrogen-bond donors (Lipinski definition) is 3. The lowest BCUT2D eigenvalue weighted by Crippen LogP contribution is -2.42. The predicted molar refractivity (Wildman–Crippen MR) is 59.4 cm³/mol. The van der Waals surface area contributed by atoms with E-state index in [-0.39, 0.29) is 5.82 Å². The van der Waals surface area contributed by atoms with Crippen molar-refractivity contribution in [1.29, 1.82) is 0 Å². The van der Waals surface area contributed by atoms with Crippen molar-refractivity contribution >= 4 is 5.82 Å². The number of hydrogen-bond acceptors (Lipinski definition) is 6. The fraction of sp³-hybridized carbons (Fsp3) is 0.600. The molecule has 1 fully saturated rings. The summed E-state index contributed by atoms with van der Waals surface area (Å²) in [6.07, 6.45) is -2.74. The van der Waals surface area contributed by atoms with Gasteiger partial charge in [-0.2, -0.15) is 4.98 Å². The first kappa shape index (κ1) is 12.9. The van der Waals surface area contributed by atoms with Gasteiger partial charge >= 0.3 is 5.69 Å². The molecule has 0 aromatic carbocycles. The molecule has 2 rings (SSSR count). The molecule has 1 aromatic heterocycles. The predicted octanol–water partition coefficient (Wildman–Crippen LogP) is -1.20. The summed E-state index contributed by atoms with van der Waals surface area (Å²) in [5, 5.41) is 18.6. The second-order valence-electron chi connectivity index (χ2n) is 4.35. The molecule has 0 radical (unpaired) electrons. The lowest BCUT2D eigenvalue weighted by Gasteiger charge is -2.24. The highest BCUT2D eigenvalue weighted by atomic mass is 19.1. The number of halogens is 1. The molecule has 0 spiro atoms. The van der Waals surface area contributed by atoms with Crippen molar-refractivity contribution in [3.63, 3.8) is 0 Å². The van der Waals surface area contributed by atoms with E-state index in [1.807, 2.05) is 0 Å². The number of ether oxygens (including phenoxy) is 1. The van der Waals surface area contributed by atoms with Crippen molar-refractivity contribution in [3.05, 3.63) is 22.7 Å². The van der Waals surface area contributed by atoms with Gasteiger partial charge in [0.05, 0.1) is 6.61 Å². The topological polar surface area (TPSA) is 111 Å². The molecule has 8 heteroatoms. The van der Waals surface area contributed by atoms with E-state index in [4.69, 9.17) is 15.6 Å². The van der Waals surface area contributed by atoms with Gasteiger partial charge in [-0.05, 0) is 13.0 Å². The van der Waals surface area contributed by atoms with E-state index < -0.39 is 36.4 Å². The van der Waals surface area contributed by atoms with Gasteiger partial charge in [-0.15, -0.1) is 0 Å². The van der Waals surface area contributed by atoms with E-state index in [1.165, 1.54) is 12.3 Å². The number of aliphatic hydroxyl groups excluding tert-OH is 2. The van der Waals surface area contributed by atoms with Crippen LogP contribution in [0.25, 0.3) is 0 Å². The molecule has 2 heterocycles. The Kier molecular flexibility index (Phi) is 3.09. The number of nitrogens with two attached hydrogens (primary N) is 1. The molecule has 7 nitrogen and oxygen atoms in total. The van der Waals surface area contributed by atoms with Crippen LogP contribution in [-0.2, 0) is 4.74 Å². The van der Waals surface area contributed by atoms with E-state index in [0.29, 0.717) is 0 Å². The monoisotopic (exact) mass is 259 g/mol. The van der Waals surface area contributed by atoms with Crippen LogP contribution in [0.4, 0.5) is 10.2 Å². The molecule has 1 aromatic rings. The quantitative estimate of drug-likeness (QED) is 0.615. The van der Waals surface area contributed by atoms with Gasteiger partial charge in [-0.25, -0.2) is 9.18 Å². The molecule has 3 unspecified atom stereocenters. The van der Waals surface area contributed by atoms with Crippen LogP contribution in [0.3, 0.4) is 0 Å². The molecule has 1 saturated heterocycles. The van der Waals surface area contributed by atoms with E-state index in [9.17, 15) is 14.3 Å². The second kappa shape index (κ2) is 4.30. The van der Waals surface area contributed by atoms with Crippen LogP contribution in [0.1, 0.15) is 13.2 Å². The number of aliphatic hydroxyl groups is 2. The maximum absolute atomic E-state index is 14.4. The number of aromatic nitrogens is 2. The van der Waals surface area contributed by atoms with Gasteiger partial charge in [0.25, 0.3) is 0 Å². The third-order valence-electron chi connectivity index (χ3n) is 3.00. The minimum Gasteiger partial charge on any atom is -0.394 e. The van der Waals surface area contributed by atoms with Crippen molar-refractivity contribution in [2.24, 2.45) is 0 Å². The summed E-state index contributed by atoms with van der Waals surface area (Å²) >= 11 is 0. The van der Waals surface area contributed by atoms with Crippen LogP contribution in [0.2, 0.25) is 0 Å². The number of anilines is 1. The summed E-state index contributed by atoms with van der Waals surface area (Å²) in [6.45, 7) is 0.551. The number of nitrogens with zero attached hydrogens (tertiary/aromatic N) is 2. The summed E-state index contributed by atoms with van der Waals surface area (Å²) < 4.78 is 20.4. The van der Waals surface area contributed by atoms with Gasteiger partial charge in [0, 0.05) is 6.20 Å². The zero-order valence-electron chi connectivity index (χ0n) is 9.65. The Morgan fingerprint density at radius 2 is 2.39 bits per heavy atom. The van der Waals surface area contributed by atoms with Crippen molar-refractivity contribution < 1.29 is 19.3 Å². The number of nitrogen functional groups attached to an aromatic ring is 1. The van der Waals surface area contributed by atoms with Gasteiger partial charge in [0.15, 0.2) is 11.9 Å². The first-order valence-corrected chi connectivity index (χ1v) is 5.36. The van der Waals surface area contributed by atoms with Crippen molar-refractivity contribution in [2.45, 2.75) is 31.0 Å². The average Bonchev–Trinajstić information content (AvgIpc) is 2.52. The number of rotatable bonds is 2. The first-order chi connectivity index (χ1) is 8.37. The normalized spacial score (nSPS) is 35.9.